The Bertz CT molecular complexity index is 361. The van der Waals surface area contributed by atoms with Crippen LogP contribution in [0.4, 0.5) is 0 Å². The fraction of sp³-hybridized carbons (Fsp3) is 0.727. The molecule has 2 aliphatic rings. The van der Waals surface area contributed by atoms with Gasteiger partial charge in [0.15, 0.2) is 5.79 Å². The number of ether oxygens (including phenoxy) is 3. The Morgan fingerprint density at radius 2 is 2.06 bits per heavy atom. The molecule has 2 N–H and O–H groups in total. The highest BCUT2D eigenvalue weighted by Gasteiger charge is 2.52. The van der Waals surface area contributed by atoms with Crippen LogP contribution < -0.4 is 0 Å². The number of carbonyl (C=O) groups excluding carboxylic acids is 1. The van der Waals surface area contributed by atoms with Gasteiger partial charge in [0.25, 0.3) is 0 Å². The normalized spacial score (nSPS) is 39.5. The van der Waals surface area contributed by atoms with E-state index in [0.29, 0.717) is 0 Å². The fourth-order valence-corrected chi connectivity index (χ4v) is 2.15. The molecule has 0 aromatic rings. The van der Waals surface area contributed by atoms with Crippen LogP contribution >= 0.6 is 0 Å². The van der Waals surface area contributed by atoms with Crippen LogP contribution in [0.3, 0.4) is 0 Å². The molecule has 6 heteroatoms. The molecular weight excluding hydrogens is 228 g/mol. The summed E-state index contributed by atoms with van der Waals surface area (Å²) < 4.78 is 15.6. The van der Waals surface area contributed by atoms with Gasteiger partial charge in [-0.2, -0.15) is 0 Å². The first-order chi connectivity index (χ1) is 7.85. The molecule has 4 atom stereocenters. The number of hydrogen-bond acceptors (Lipinski definition) is 6. The molecule has 6 nitrogen and oxygen atoms in total. The van der Waals surface area contributed by atoms with Gasteiger partial charge < -0.3 is 24.4 Å². The van der Waals surface area contributed by atoms with Crippen molar-refractivity contribution in [3.05, 3.63) is 11.6 Å². The van der Waals surface area contributed by atoms with Crippen molar-refractivity contribution in [3.63, 3.8) is 0 Å². The minimum Gasteiger partial charge on any atom is -0.466 e. The monoisotopic (exact) mass is 244 g/mol. The predicted molar refractivity (Wildman–Crippen MR) is 55.9 cm³/mol. The first kappa shape index (κ1) is 12.5. The summed E-state index contributed by atoms with van der Waals surface area (Å²) in [6.07, 6.45) is -2.50. The lowest BCUT2D eigenvalue weighted by Crippen LogP contribution is -2.48. The Hall–Kier alpha value is -0.950. The third-order valence-corrected chi connectivity index (χ3v) is 2.89. The van der Waals surface area contributed by atoms with Crippen LogP contribution in [0.15, 0.2) is 11.6 Å². The number of aliphatic hydroxyl groups excluding tert-OH is 2. The molecule has 96 valence electrons. The average molecular weight is 244 g/mol. The summed E-state index contributed by atoms with van der Waals surface area (Å²) in [4.78, 5) is 11.6. The van der Waals surface area contributed by atoms with Crippen molar-refractivity contribution in [1.82, 2.24) is 0 Å². The number of hydrogen-bond donors (Lipinski definition) is 2. The first-order valence-corrected chi connectivity index (χ1v) is 5.37. The standard InChI is InChI=1S/C11H16O6/c1-11(2)16-8-5(10(14)15-3)4-6(12)7(13)9(8)17-11/h4,6-9,12-13H,1-3H3/t6-,7-,8-,9+/m1/s1. The summed E-state index contributed by atoms with van der Waals surface area (Å²) in [5, 5.41) is 19.4. The van der Waals surface area contributed by atoms with Crippen LogP contribution in [-0.4, -0.2) is 53.5 Å². The molecule has 0 bridgehead atoms. The van der Waals surface area contributed by atoms with E-state index in [1.807, 2.05) is 0 Å². The molecule has 1 heterocycles. The van der Waals surface area contributed by atoms with Crippen molar-refractivity contribution in [2.45, 2.75) is 44.1 Å². The smallest absolute Gasteiger partial charge is 0.336 e. The van der Waals surface area contributed by atoms with Gasteiger partial charge in [0.05, 0.1) is 12.7 Å². The zero-order valence-electron chi connectivity index (χ0n) is 9.91. The van der Waals surface area contributed by atoms with E-state index in [0.717, 1.165) is 0 Å². The molecule has 0 aromatic heterocycles. The minimum absolute atomic E-state index is 0.181. The van der Waals surface area contributed by atoms with Gasteiger partial charge in [-0.25, -0.2) is 4.79 Å². The first-order valence-electron chi connectivity index (χ1n) is 5.37. The van der Waals surface area contributed by atoms with Crippen LogP contribution in [0, 0.1) is 0 Å². The van der Waals surface area contributed by atoms with Crippen molar-refractivity contribution in [3.8, 4) is 0 Å². The number of carbonyl (C=O) groups is 1. The zero-order valence-corrected chi connectivity index (χ0v) is 9.91. The summed E-state index contributed by atoms with van der Waals surface area (Å²) >= 11 is 0. The van der Waals surface area contributed by atoms with Crippen LogP contribution in [0.5, 0.6) is 0 Å². The van der Waals surface area contributed by atoms with Gasteiger partial charge >= 0.3 is 5.97 Å². The van der Waals surface area contributed by atoms with Crippen molar-refractivity contribution in [1.29, 1.82) is 0 Å². The van der Waals surface area contributed by atoms with Crippen LogP contribution in [0.1, 0.15) is 13.8 Å². The molecule has 0 spiro atoms. The number of esters is 1. The van der Waals surface area contributed by atoms with E-state index in [1.54, 1.807) is 13.8 Å². The van der Waals surface area contributed by atoms with Crippen LogP contribution in [0.25, 0.3) is 0 Å². The van der Waals surface area contributed by atoms with Crippen molar-refractivity contribution >= 4 is 5.97 Å². The van der Waals surface area contributed by atoms with Gasteiger partial charge in [0.2, 0.25) is 0 Å². The number of methoxy groups -OCH3 is 1. The van der Waals surface area contributed by atoms with E-state index >= 15 is 0 Å². The second-order valence-corrected chi connectivity index (χ2v) is 4.62. The van der Waals surface area contributed by atoms with Crippen molar-refractivity contribution in [2.75, 3.05) is 7.11 Å². The average Bonchev–Trinajstić information content (AvgIpc) is 2.58. The molecule has 0 aromatic carbocycles. The minimum atomic E-state index is -1.16. The van der Waals surface area contributed by atoms with Gasteiger partial charge in [-0.3, -0.25) is 0 Å². The van der Waals surface area contributed by atoms with Gasteiger partial charge in [-0.05, 0) is 19.9 Å². The molecular formula is C11H16O6. The largest absolute Gasteiger partial charge is 0.466 e. The van der Waals surface area contributed by atoms with Gasteiger partial charge in [-0.15, -0.1) is 0 Å². The molecule has 0 radical (unpaired) electrons. The number of aliphatic hydroxyl groups is 2. The fourth-order valence-electron chi connectivity index (χ4n) is 2.15. The third-order valence-electron chi connectivity index (χ3n) is 2.89. The van der Waals surface area contributed by atoms with E-state index in [-0.39, 0.29) is 5.57 Å². The van der Waals surface area contributed by atoms with Gasteiger partial charge in [-0.1, -0.05) is 0 Å². The molecule has 1 aliphatic heterocycles. The van der Waals surface area contributed by atoms with E-state index in [9.17, 15) is 15.0 Å². The van der Waals surface area contributed by atoms with E-state index in [2.05, 4.69) is 4.74 Å². The molecule has 17 heavy (non-hydrogen) atoms. The highest BCUT2D eigenvalue weighted by atomic mass is 16.8. The Kier molecular flexibility index (Phi) is 2.99. The lowest BCUT2D eigenvalue weighted by molar-refractivity contribution is -0.158. The Balaban J connectivity index is 2.34. The second kappa shape index (κ2) is 4.06. The Labute approximate surface area is 98.8 Å². The maximum Gasteiger partial charge on any atom is 0.336 e. The Morgan fingerprint density at radius 1 is 1.41 bits per heavy atom. The number of rotatable bonds is 1. The second-order valence-electron chi connectivity index (χ2n) is 4.62. The zero-order chi connectivity index (χ0) is 12.8. The molecule has 2 rings (SSSR count). The number of fused-ring (bicyclic) bond motifs is 1. The lowest BCUT2D eigenvalue weighted by atomic mass is 9.89. The third kappa shape index (κ3) is 2.09. The van der Waals surface area contributed by atoms with E-state index in [1.165, 1.54) is 13.2 Å². The molecule has 0 amide bonds. The maximum absolute atomic E-state index is 11.6. The summed E-state index contributed by atoms with van der Waals surface area (Å²) in [5.74, 6) is -1.50. The molecule has 1 aliphatic carbocycles. The predicted octanol–water partition coefficient (Wildman–Crippen LogP) is -0.659. The van der Waals surface area contributed by atoms with Gasteiger partial charge in [0, 0.05) is 0 Å². The molecule has 1 saturated heterocycles. The van der Waals surface area contributed by atoms with Crippen LogP contribution in [-0.2, 0) is 19.0 Å². The van der Waals surface area contributed by atoms with E-state index in [4.69, 9.17) is 9.47 Å². The summed E-state index contributed by atoms with van der Waals surface area (Å²) in [6, 6.07) is 0. The van der Waals surface area contributed by atoms with Crippen LogP contribution in [0.2, 0.25) is 0 Å². The summed E-state index contributed by atoms with van der Waals surface area (Å²) in [5.41, 5.74) is 0.181. The van der Waals surface area contributed by atoms with E-state index < -0.39 is 36.2 Å². The molecule has 0 unspecified atom stereocenters. The molecule has 1 fully saturated rings. The van der Waals surface area contributed by atoms with Crippen molar-refractivity contribution in [2.24, 2.45) is 0 Å². The lowest BCUT2D eigenvalue weighted by Gasteiger charge is -2.30. The Morgan fingerprint density at radius 3 is 2.65 bits per heavy atom. The maximum atomic E-state index is 11.6. The SMILES string of the molecule is COC(=O)C1=C[C@@H](O)[C@@H](O)[C@@H]2OC(C)(C)O[C@H]12. The highest BCUT2D eigenvalue weighted by molar-refractivity contribution is 5.90. The molecule has 0 saturated carbocycles. The highest BCUT2D eigenvalue weighted by Crippen LogP contribution is 2.37. The summed E-state index contributed by atoms with van der Waals surface area (Å²) in [6.45, 7) is 3.36. The van der Waals surface area contributed by atoms with Crippen molar-refractivity contribution < 1.29 is 29.2 Å². The quantitative estimate of drug-likeness (QED) is 0.596. The topological polar surface area (TPSA) is 85.2 Å². The summed E-state index contributed by atoms with van der Waals surface area (Å²) in [7, 11) is 1.25. The van der Waals surface area contributed by atoms with Gasteiger partial charge in [0.1, 0.15) is 24.4 Å².